The Morgan fingerprint density at radius 2 is 1.34 bits per heavy atom. The number of aliphatic hydroxyl groups is 3. The molecule has 14 heteroatoms. The van der Waals surface area contributed by atoms with Crippen LogP contribution in [0.25, 0.3) is 0 Å². The molecule has 2 heterocycles. The van der Waals surface area contributed by atoms with E-state index in [1.165, 1.54) is 21.0 Å². The average molecular weight is 1030 g/mol. The molecule has 0 amide bonds. The summed E-state index contributed by atoms with van der Waals surface area (Å²) in [6.07, 6.45) is 6.06. The van der Waals surface area contributed by atoms with E-state index in [9.17, 15) is 34.5 Å². The van der Waals surface area contributed by atoms with Crippen molar-refractivity contribution < 1.29 is 67.7 Å². The van der Waals surface area contributed by atoms with E-state index in [0.717, 1.165) is 68.9 Å². The van der Waals surface area contributed by atoms with Crippen LogP contribution in [0.5, 0.6) is 0 Å². The Balaban J connectivity index is 0.000000296. The minimum atomic E-state index is -1.05. The zero-order chi connectivity index (χ0) is 54.2. The number of fused-ring (bicyclic) bond motifs is 7. The van der Waals surface area contributed by atoms with Crippen molar-refractivity contribution in [2.24, 2.45) is 73.4 Å². The molecule has 73 heavy (non-hydrogen) atoms. The molecule has 0 aromatic rings. The quantitative estimate of drug-likeness (QED) is 0.106. The summed E-state index contributed by atoms with van der Waals surface area (Å²) >= 11 is 0. The number of allylic oxidation sites excluding steroid dienone is 1. The Morgan fingerprint density at radius 1 is 0.726 bits per heavy atom. The van der Waals surface area contributed by atoms with E-state index in [-0.39, 0.29) is 118 Å². The summed E-state index contributed by atoms with van der Waals surface area (Å²) in [6, 6.07) is 0. The van der Waals surface area contributed by atoms with Crippen molar-refractivity contribution in [1.29, 1.82) is 0 Å². The first-order valence-corrected chi connectivity index (χ1v) is 28.1. The number of ketones is 1. The molecule has 6 aliphatic carbocycles. The molecule has 416 valence electrons. The number of hydrogen-bond donors (Lipinski definition) is 3. The van der Waals surface area contributed by atoms with Gasteiger partial charge in [-0.1, -0.05) is 90.0 Å². The highest BCUT2D eigenvalue weighted by Gasteiger charge is 2.71. The third-order valence-electron chi connectivity index (χ3n) is 22.2. The maximum absolute atomic E-state index is 13.7. The molecule has 0 aromatic carbocycles. The summed E-state index contributed by atoms with van der Waals surface area (Å²) in [5.41, 5.74) is 1.49. The topological polar surface area (TPSA) is 194 Å². The van der Waals surface area contributed by atoms with Crippen molar-refractivity contribution >= 4 is 23.7 Å². The van der Waals surface area contributed by atoms with Crippen LogP contribution < -0.4 is 0 Å². The summed E-state index contributed by atoms with van der Waals surface area (Å²) in [4.78, 5) is 50.9. The number of methoxy groups -OCH3 is 1. The van der Waals surface area contributed by atoms with Gasteiger partial charge in [0.25, 0.3) is 0 Å². The fraction of sp³-hybridized carbons (Fsp3) is 0.898. The van der Waals surface area contributed by atoms with Crippen molar-refractivity contribution in [1.82, 2.24) is 0 Å². The van der Waals surface area contributed by atoms with Gasteiger partial charge in [-0.2, -0.15) is 0 Å². The highest BCUT2D eigenvalue weighted by atomic mass is 16.7. The second-order valence-corrected chi connectivity index (χ2v) is 27.2. The van der Waals surface area contributed by atoms with E-state index in [1.807, 2.05) is 6.92 Å². The molecule has 18 atom stereocenters. The Hall–Kier alpha value is -2.46. The number of hydrogen-bond acceptors (Lipinski definition) is 14. The van der Waals surface area contributed by atoms with Gasteiger partial charge >= 0.3 is 17.9 Å². The van der Waals surface area contributed by atoms with E-state index in [0.29, 0.717) is 30.6 Å². The van der Waals surface area contributed by atoms with Crippen molar-refractivity contribution in [2.75, 3.05) is 20.3 Å². The molecule has 7 fully saturated rings. The van der Waals surface area contributed by atoms with E-state index in [4.69, 9.17) is 33.2 Å². The van der Waals surface area contributed by atoms with E-state index in [2.05, 4.69) is 83.1 Å². The van der Waals surface area contributed by atoms with Crippen LogP contribution in [-0.4, -0.2) is 115 Å². The maximum Gasteiger partial charge on any atom is 0.316 e. The molecule has 8 rings (SSSR count). The van der Waals surface area contributed by atoms with Crippen LogP contribution in [0.3, 0.4) is 0 Å². The Bertz CT molecular complexity index is 2080. The third kappa shape index (κ3) is 10.2. The number of carbonyl (C=O) groups is 4. The van der Waals surface area contributed by atoms with Crippen molar-refractivity contribution in [2.45, 2.75) is 243 Å². The second kappa shape index (κ2) is 21.1. The van der Waals surface area contributed by atoms with Crippen molar-refractivity contribution in [3.8, 4) is 0 Å². The monoisotopic (exact) mass is 1030 g/mol. The molecule has 2 aliphatic heterocycles. The number of ether oxygens (including phenoxy) is 7. The van der Waals surface area contributed by atoms with Gasteiger partial charge in [0.2, 0.25) is 0 Å². The lowest BCUT2D eigenvalue weighted by atomic mass is 9.33. The summed E-state index contributed by atoms with van der Waals surface area (Å²) in [5, 5.41) is 29.0. The molecule has 5 saturated carbocycles. The third-order valence-corrected chi connectivity index (χ3v) is 22.2. The molecule has 0 aromatic heterocycles. The average Bonchev–Trinajstić information content (AvgIpc) is 3.62. The van der Waals surface area contributed by atoms with E-state index < -0.39 is 42.4 Å². The molecule has 14 nitrogen and oxygen atoms in total. The SMILES string of the molecule is CC1C(C)(C)CC[C@H](OC2CC(O)C(O)C(CO)O2)C1(C)C.COC(=O)[C@@]12CC[C@]3(C)C(CCC4[C@@]5(C)CC[C@H](OC6CC(OC(C)=O)C(C)C(COC(C)=O)O6)C(C)(C)C5CC[C@]43C)C1=C(C(C)C)C(=O)C2. The van der Waals surface area contributed by atoms with Gasteiger partial charge in [0.1, 0.15) is 31.0 Å². The number of rotatable bonds is 10. The molecule has 0 spiro atoms. The number of esters is 3. The summed E-state index contributed by atoms with van der Waals surface area (Å²) < 4.78 is 41.6. The minimum absolute atomic E-state index is 0.000830. The number of carbonyl (C=O) groups excluding carboxylic acids is 4. The van der Waals surface area contributed by atoms with Gasteiger partial charge in [-0.3, -0.25) is 19.2 Å². The fourth-order valence-corrected chi connectivity index (χ4v) is 17.3. The Labute approximate surface area is 437 Å². The summed E-state index contributed by atoms with van der Waals surface area (Å²) in [7, 11) is 1.48. The standard InChI is InChI=1S/C42H64O9.C17H32O5/c1-23(2)35-28(45)21-42(37(46)47-11)19-18-40(9)27(36(35)42)12-13-32-39(8)16-15-33(38(6,7)31(39)14-17-41(32,40)10)51-34-20-29(49-26(5)44)24(3)30(50-34)22-48-25(4)43;1-10-16(2,3)7-6-13(17(10,4)5)22-14-8-11(19)15(20)12(9-18)21-14/h23-24,27,29-34H,12-22H2,1-11H3;10-15,18-20H,6-9H2,1-5H3/t24?,27?,29?,30?,31?,32?,33-,34?,39-,40+,41+,42+;10?,11?,12?,13-,14?,15?/m00/s1. The Kier molecular flexibility index (Phi) is 16.8. The van der Waals surface area contributed by atoms with Crippen LogP contribution in [-0.2, 0) is 52.3 Å². The second-order valence-electron chi connectivity index (χ2n) is 27.2. The van der Waals surface area contributed by atoms with Crippen molar-refractivity contribution in [3.63, 3.8) is 0 Å². The summed E-state index contributed by atoms with van der Waals surface area (Å²) in [5.74, 6) is 0.765. The highest BCUT2D eigenvalue weighted by molar-refractivity contribution is 6.06. The van der Waals surface area contributed by atoms with Crippen LogP contribution in [0.15, 0.2) is 11.1 Å². The lowest BCUT2D eigenvalue weighted by Gasteiger charge is -2.72. The van der Waals surface area contributed by atoms with Crippen LogP contribution >= 0.6 is 0 Å². The van der Waals surface area contributed by atoms with Gasteiger partial charge in [0, 0.05) is 39.0 Å². The minimum Gasteiger partial charge on any atom is -0.468 e. The molecule has 2 saturated heterocycles. The van der Waals surface area contributed by atoms with Gasteiger partial charge in [0.05, 0.1) is 37.4 Å². The first kappa shape index (κ1) is 58.2. The van der Waals surface area contributed by atoms with Gasteiger partial charge in [-0.05, 0) is 137 Å². The first-order valence-electron chi connectivity index (χ1n) is 28.1. The largest absolute Gasteiger partial charge is 0.468 e. The molecule has 3 N–H and O–H groups in total. The molecular formula is C59H96O14. The molecule has 0 bridgehead atoms. The van der Waals surface area contributed by atoms with Crippen molar-refractivity contribution in [3.05, 3.63) is 11.1 Å². The van der Waals surface area contributed by atoms with Crippen LogP contribution in [0.2, 0.25) is 0 Å². The Morgan fingerprint density at radius 3 is 1.95 bits per heavy atom. The molecular weight excluding hydrogens is 933 g/mol. The van der Waals surface area contributed by atoms with Crippen LogP contribution in [0.1, 0.15) is 187 Å². The normalized spacial score (nSPS) is 44.6. The number of aliphatic hydroxyl groups excluding tert-OH is 3. The lowest BCUT2D eigenvalue weighted by Crippen LogP contribution is -2.66. The zero-order valence-corrected chi connectivity index (χ0v) is 47.6. The predicted octanol–water partition coefficient (Wildman–Crippen LogP) is 9.45. The molecule has 8 aliphatic rings. The number of Topliss-reactive ketones (excluding diaryl/α,β-unsaturated/α-hetero) is 1. The van der Waals surface area contributed by atoms with Gasteiger partial charge in [-0.15, -0.1) is 0 Å². The van der Waals surface area contributed by atoms with Crippen LogP contribution in [0, 0.1) is 73.4 Å². The van der Waals surface area contributed by atoms with Crippen LogP contribution in [0.4, 0.5) is 0 Å². The fourth-order valence-electron chi connectivity index (χ4n) is 17.3. The highest BCUT2D eigenvalue weighted by Crippen LogP contribution is 2.77. The molecule has 12 unspecified atom stereocenters. The van der Waals surface area contributed by atoms with E-state index in [1.54, 1.807) is 0 Å². The maximum atomic E-state index is 13.7. The van der Waals surface area contributed by atoms with Gasteiger partial charge in [-0.25, -0.2) is 0 Å². The zero-order valence-electron chi connectivity index (χ0n) is 47.6. The van der Waals surface area contributed by atoms with E-state index >= 15 is 0 Å². The smallest absolute Gasteiger partial charge is 0.316 e. The first-order chi connectivity index (χ1) is 33.9. The molecule has 0 radical (unpaired) electrons. The summed E-state index contributed by atoms with van der Waals surface area (Å²) in [6.45, 7) is 32.4. The van der Waals surface area contributed by atoms with Gasteiger partial charge in [0.15, 0.2) is 18.4 Å². The predicted molar refractivity (Wildman–Crippen MR) is 274 cm³/mol. The lowest BCUT2D eigenvalue weighted by molar-refractivity contribution is -0.294. The van der Waals surface area contributed by atoms with Gasteiger partial charge < -0.3 is 48.5 Å².